The molecule has 0 aromatic heterocycles. The molecule has 0 aromatic rings. The third kappa shape index (κ3) is 3.47. The van der Waals surface area contributed by atoms with E-state index in [4.69, 9.17) is 0 Å². The maximum absolute atomic E-state index is 13.0. The Kier molecular flexibility index (Phi) is 5.24. The molecule has 1 N–H and O–H groups in total. The molecule has 1 fully saturated rings. The molecule has 0 radical (unpaired) electrons. The number of piperazine rings is 1. The van der Waals surface area contributed by atoms with Crippen LogP contribution >= 0.6 is 0 Å². The summed E-state index contributed by atoms with van der Waals surface area (Å²) in [6, 6.07) is -0.424. The monoisotopic (exact) mass is 294 g/mol. The van der Waals surface area contributed by atoms with Gasteiger partial charge in [0.1, 0.15) is 11.6 Å². The van der Waals surface area contributed by atoms with Crippen molar-refractivity contribution < 1.29 is 9.59 Å². The van der Waals surface area contributed by atoms with Crippen molar-refractivity contribution in [2.45, 2.75) is 72.9 Å². The highest BCUT2D eigenvalue weighted by atomic mass is 16.2. The van der Waals surface area contributed by atoms with Crippen LogP contribution < -0.4 is 5.32 Å². The Hall–Kier alpha value is -1.32. The number of hydrogen-bond acceptors (Lipinski definition) is 2. The van der Waals surface area contributed by atoms with E-state index in [-0.39, 0.29) is 17.2 Å². The maximum Gasteiger partial charge on any atom is 0.249 e. The van der Waals surface area contributed by atoms with Crippen molar-refractivity contribution in [3.05, 3.63) is 11.6 Å². The van der Waals surface area contributed by atoms with E-state index < -0.39 is 11.6 Å². The van der Waals surface area contributed by atoms with Gasteiger partial charge in [0.2, 0.25) is 11.8 Å². The van der Waals surface area contributed by atoms with Crippen LogP contribution in [-0.2, 0) is 9.59 Å². The van der Waals surface area contributed by atoms with Gasteiger partial charge in [0, 0.05) is 6.54 Å². The Labute approximate surface area is 129 Å². The Morgan fingerprint density at radius 2 is 1.76 bits per heavy atom. The van der Waals surface area contributed by atoms with Crippen LogP contribution in [0.25, 0.3) is 0 Å². The first-order chi connectivity index (χ1) is 9.59. The standard InChI is InChI=1S/C17H30N2O2/c1-8-17(9-2)15(21)19(11-10-12(3)4)13(14(20)18-17)16(5,6)7/h10,13H,8-9,11H2,1-7H3,(H,18,20). The van der Waals surface area contributed by atoms with Gasteiger partial charge in [0.05, 0.1) is 0 Å². The van der Waals surface area contributed by atoms with Crippen LogP contribution in [0.1, 0.15) is 61.3 Å². The lowest BCUT2D eigenvalue weighted by Crippen LogP contribution is -2.72. The molecule has 0 bridgehead atoms. The Morgan fingerprint density at radius 1 is 1.24 bits per heavy atom. The number of allylic oxidation sites excluding steroid dienone is 1. The third-order valence-corrected chi connectivity index (χ3v) is 4.32. The number of hydrogen-bond donors (Lipinski definition) is 1. The first-order valence-corrected chi connectivity index (χ1v) is 7.85. The smallest absolute Gasteiger partial charge is 0.249 e. The zero-order valence-corrected chi connectivity index (χ0v) is 14.5. The molecule has 4 nitrogen and oxygen atoms in total. The lowest BCUT2D eigenvalue weighted by molar-refractivity contribution is -0.159. The predicted molar refractivity (Wildman–Crippen MR) is 85.8 cm³/mol. The molecule has 2 amide bonds. The molecule has 4 heteroatoms. The van der Waals surface area contributed by atoms with Crippen molar-refractivity contribution in [1.82, 2.24) is 10.2 Å². The van der Waals surface area contributed by atoms with E-state index in [1.54, 1.807) is 4.90 Å². The molecule has 0 aliphatic carbocycles. The van der Waals surface area contributed by atoms with Gasteiger partial charge in [-0.3, -0.25) is 9.59 Å². The Balaban J connectivity index is 3.26. The fourth-order valence-electron chi connectivity index (χ4n) is 2.95. The summed E-state index contributed by atoms with van der Waals surface area (Å²) in [6.07, 6.45) is 3.26. The number of nitrogens with one attached hydrogen (secondary N) is 1. The van der Waals surface area contributed by atoms with Crippen molar-refractivity contribution in [2.24, 2.45) is 5.41 Å². The lowest BCUT2D eigenvalue weighted by Gasteiger charge is -2.49. The zero-order valence-electron chi connectivity index (χ0n) is 14.5. The van der Waals surface area contributed by atoms with Gasteiger partial charge >= 0.3 is 0 Å². The predicted octanol–water partition coefficient (Wildman–Crippen LogP) is 2.88. The summed E-state index contributed by atoms with van der Waals surface area (Å²) in [7, 11) is 0. The molecule has 0 saturated carbocycles. The van der Waals surface area contributed by atoms with Crippen LogP contribution in [0.15, 0.2) is 11.6 Å². The molecular formula is C17H30N2O2. The largest absolute Gasteiger partial charge is 0.340 e. The molecule has 21 heavy (non-hydrogen) atoms. The second-order valence-corrected chi connectivity index (χ2v) is 7.29. The lowest BCUT2D eigenvalue weighted by atomic mass is 9.79. The minimum absolute atomic E-state index is 0.0343. The van der Waals surface area contributed by atoms with Crippen LogP contribution in [-0.4, -0.2) is 34.8 Å². The molecule has 0 aromatic carbocycles. The van der Waals surface area contributed by atoms with E-state index in [9.17, 15) is 9.59 Å². The van der Waals surface area contributed by atoms with Crippen molar-refractivity contribution in [1.29, 1.82) is 0 Å². The molecule has 1 aliphatic rings. The summed E-state index contributed by atoms with van der Waals surface area (Å²) in [6.45, 7) is 14.4. The van der Waals surface area contributed by atoms with E-state index in [1.165, 1.54) is 0 Å². The Bertz CT molecular complexity index is 438. The van der Waals surface area contributed by atoms with Crippen molar-refractivity contribution in [3.8, 4) is 0 Å². The van der Waals surface area contributed by atoms with Gasteiger partial charge < -0.3 is 10.2 Å². The van der Waals surface area contributed by atoms with Crippen molar-refractivity contribution in [2.75, 3.05) is 6.54 Å². The van der Waals surface area contributed by atoms with E-state index in [2.05, 4.69) is 5.32 Å². The van der Waals surface area contributed by atoms with Gasteiger partial charge in [-0.05, 0) is 32.1 Å². The van der Waals surface area contributed by atoms with Crippen molar-refractivity contribution in [3.63, 3.8) is 0 Å². The fraction of sp³-hybridized carbons (Fsp3) is 0.765. The minimum Gasteiger partial charge on any atom is -0.340 e. The van der Waals surface area contributed by atoms with Gasteiger partial charge in [-0.25, -0.2) is 0 Å². The van der Waals surface area contributed by atoms with Gasteiger partial charge in [0.15, 0.2) is 0 Å². The summed E-state index contributed by atoms with van der Waals surface area (Å²) in [5.74, 6) is 0.0116. The summed E-state index contributed by atoms with van der Waals surface area (Å²) in [5.41, 5.74) is 0.122. The maximum atomic E-state index is 13.0. The molecular weight excluding hydrogens is 264 g/mol. The molecule has 1 atom stereocenters. The second-order valence-electron chi connectivity index (χ2n) is 7.29. The number of rotatable bonds is 4. The Morgan fingerprint density at radius 3 is 2.14 bits per heavy atom. The van der Waals surface area contributed by atoms with E-state index in [1.807, 2.05) is 54.5 Å². The first kappa shape index (κ1) is 17.7. The summed E-state index contributed by atoms with van der Waals surface area (Å²) < 4.78 is 0. The average molecular weight is 294 g/mol. The molecule has 120 valence electrons. The summed E-state index contributed by atoms with van der Waals surface area (Å²) >= 11 is 0. The van der Waals surface area contributed by atoms with Crippen molar-refractivity contribution >= 4 is 11.8 Å². The molecule has 1 heterocycles. The number of carbonyl (C=O) groups excluding carboxylic acids is 2. The molecule has 1 aliphatic heterocycles. The molecule has 1 unspecified atom stereocenters. The molecule has 1 saturated heterocycles. The van der Waals surface area contributed by atoms with E-state index in [0.717, 1.165) is 5.57 Å². The average Bonchev–Trinajstić information content (AvgIpc) is 2.37. The normalized spacial score (nSPS) is 22.0. The summed E-state index contributed by atoms with van der Waals surface area (Å²) in [5, 5.41) is 3.00. The zero-order chi connectivity index (χ0) is 16.4. The number of amides is 2. The fourth-order valence-corrected chi connectivity index (χ4v) is 2.95. The quantitative estimate of drug-likeness (QED) is 0.811. The number of nitrogens with zero attached hydrogens (tertiary/aromatic N) is 1. The van der Waals surface area contributed by atoms with E-state index in [0.29, 0.717) is 19.4 Å². The first-order valence-electron chi connectivity index (χ1n) is 7.85. The second kappa shape index (κ2) is 6.20. The minimum atomic E-state index is -0.742. The highest BCUT2D eigenvalue weighted by Gasteiger charge is 2.51. The molecule has 1 rings (SSSR count). The van der Waals surface area contributed by atoms with Crippen LogP contribution in [0.3, 0.4) is 0 Å². The SMILES string of the molecule is CCC1(CC)NC(=O)C(C(C)(C)C)N(CC=C(C)C)C1=O. The van der Waals surface area contributed by atoms with Crippen LogP contribution in [0.4, 0.5) is 0 Å². The van der Waals surface area contributed by atoms with Crippen LogP contribution in [0, 0.1) is 5.41 Å². The van der Waals surface area contributed by atoms with Gasteiger partial charge in [-0.1, -0.05) is 46.3 Å². The number of carbonyl (C=O) groups is 2. The van der Waals surface area contributed by atoms with Gasteiger partial charge in [0.25, 0.3) is 0 Å². The van der Waals surface area contributed by atoms with Gasteiger partial charge in [-0.15, -0.1) is 0 Å². The van der Waals surface area contributed by atoms with Crippen LogP contribution in [0.5, 0.6) is 0 Å². The topological polar surface area (TPSA) is 49.4 Å². The van der Waals surface area contributed by atoms with E-state index >= 15 is 0 Å². The summed E-state index contributed by atoms with van der Waals surface area (Å²) in [4.78, 5) is 27.4. The highest BCUT2D eigenvalue weighted by Crippen LogP contribution is 2.33. The third-order valence-electron chi connectivity index (χ3n) is 4.32. The van der Waals surface area contributed by atoms with Crippen LogP contribution in [0.2, 0.25) is 0 Å². The highest BCUT2D eigenvalue weighted by molar-refractivity contribution is 6.00. The molecule has 0 spiro atoms. The van der Waals surface area contributed by atoms with Gasteiger partial charge in [-0.2, -0.15) is 0 Å².